The van der Waals surface area contributed by atoms with Gasteiger partial charge in [0.05, 0.1) is 0 Å². The van der Waals surface area contributed by atoms with Gasteiger partial charge in [-0.15, -0.1) is 0 Å². The molecule has 0 bridgehead atoms. The van der Waals surface area contributed by atoms with E-state index >= 15 is 0 Å². The van der Waals surface area contributed by atoms with Gasteiger partial charge in [-0.2, -0.15) is 0 Å². The van der Waals surface area contributed by atoms with Crippen LogP contribution in [0.25, 0.3) is 10.4 Å². The van der Waals surface area contributed by atoms with Crippen LogP contribution in [-0.2, 0) is 4.79 Å². The average Bonchev–Trinajstić information content (AvgIpc) is 2.00. The quantitative estimate of drug-likeness (QED) is 0.388. The van der Waals surface area contributed by atoms with Crippen LogP contribution in [0.15, 0.2) is 5.11 Å². The zero-order chi connectivity index (χ0) is 9.61. The highest BCUT2D eigenvalue weighted by atomic mass is 16.2. The fourth-order valence-electron chi connectivity index (χ4n) is 0.601. The molecule has 0 rings (SSSR count). The van der Waals surface area contributed by atoms with E-state index in [-0.39, 0.29) is 18.0 Å². The lowest BCUT2D eigenvalue weighted by Gasteiger charge is -2.23. The minimum Gasteiger partial charge on any atom is -0.351 e. The van der Waals surface area contributed by atoms with Crippen molar-refractivity contribution in [1.29, 1.82) is 0 Å². The third-order valence-corrected chi connectivity index (χ3v) is 1.64. The lowest BCUT2D eigenvalue weighted by atomic mass is 10.0. The molecule has 1 N–H and O–H groups in total. The van der Waals surface area contributed by atoms with Crippen LogP contribution in [0.4, 0.5) is 0 Å². The van der Waals surface area contributed by atoms with Gasteiger partial charge in [-0.25, -0.2) is 0 Å². The van der Waals surface area contributed by atoms with E-state index in [0.29, 0.717) is 0 Å². The van der Waals surface area contributed by atoms with Gasteiger partial charge >= 0.3 is 0 Å². The largest absolute Gasteiger partial charge is 0.351 e. The number of hydrogen-bond donors (Lipinski definition) is 1. The molecule has 0 atom stereocenters. The fraction of sp³-hybridized carbons (Fsp3) is 0.857. The molecular formula is C7H14N4O. The van der Waals surface area contributed by atoms with E-state index in [1.165, 1.54) is 0 Å². The normalized spacial score (nSPS) is 10.2. The predicted molar refractivity (Wildman–Crippen MR) is 46.5 cm³/mol. The number of nitrogens with one attached hydrogen (secondary N) is 1. The number of rotatable bonds is 4. The first kappa shape index (κ1) is 10.8. The van der Waals surface area contributed by atoms with Gasteiger partial charge in [-0.1, -0.05) is 12.0 Å². The first-order chi connectivity index (χ1) is 5.52. The molecule has 1 amide bonds. The second-order valence-corrected chi connectivity index (χ2v) is 3.17. The summed E-state index contributed by atoms with van der Waals surface area (Å²) in [6, 6.07) is 0. The van der Waals surface area contributed by atoms with E-state index in [1.807, 2.05) is 20.8 Å². The first-order valence-electron chi connectivity index (χ1n) is 3.83. The maximum Gasteiger partial charge on any atom is 0.226 e. The molecule has 0 fully saturated rings. The summed E-state index contributed by atoms with van der Waals surface area (Å²) in [6.07, 6.45) is 0.842. The second-order valence-electron chi connectivity index (χ2n) is 3.17. The van der Waals surface area contributed by atoms with Gasteiger partial charge in [0.2, 0.25) is 5.91 Å². The van der Waals surface area contributed by atoms with Crippen molar-refractivity contribution >= 4 is 5.91 Å². The maximum absolute atomic E-state index is 11.0. The highest BCUT2D eigenvalue weighted by Gasteiger charge is 2.16. The average molecular weight is 170 g/mol. The van der Waals surface area contributed by atoms with Gasteiger partial charge in [-0.3, -0.25) is 4.79 Å². The van der Waals surface area contributed by atoms with Gasteiger partial charge in [0, 0.05) is 10.5 Å². The van der Waals surface area contributed by atoms with E-state index in [9.17, 15) is 4.79 Å². The molecule has 68 valence electrons. The van der Waals surface area contributed by atoms with Crippen molar-refractivity contribution in [3.63, 3.8) is 0 Å². The molecule has 0 heterocycles. The van der Waals surface area contributed by atoms with Crippen LogP contribution in [0.2, 0.25) is 0 Å². The van der Waals surface area contributed by atoms with Crippen LogP contribution < -0.4 is 5.32 Å². The molecule has 0 aromatic carbocycles. The minimum atomic E-state index is -0.236. The van der Waals surface area contributed by atoms with Crippen LogP contribution in [-0.4, -0.2) is 18.0 Å². The number of carbonyl (C=O) groups is 1. The third kappa shape index (κ3) is 4.57. The molecule has 0 aliphatic rings. The van der Waals surface area contributed by atoms with Gasteiger partial charge in [0.25, 0.3) is 0 Å². The molecule has 12 heavy (non-hydrogen) atoms. The summed E-state index contributed by atoms with van der Waals surface area (Å²) in [7, 11) is 0. The van der Waals surface area contributed by atoms with Crippen molar-refractivity contribution in [3.8, 4) is 0 Å². The van der Waals surface area contributed by atoms with E-state index in [0.717, 1.165) is 6.42 Å². The van der Waals surface area contributed by atoms with Crippen molar-refractivity contribution in [2.24, 2.45) is 5.11 Å². The predicted octanol–water partition coefficient (Wildman–Crippen LogP) is 1.60. The van der Waals surface area contributed by atoms with Gasteiger partial charge < -0.3 is 5.32 Å². The number of amides is 1. The van der Waals surface area contributed by atoms with Crippen LogP contribution >= 0.6 is 0 Å². The van der Waals surface area contributed by atoms with Crippen molar-refractivity contribution in [2.45, 2.75) is 32.7 Å². The standard InChI is InChI=1S/C7H14N4O/c1-4-7(2,3)10-6(12)5-9-11-8/h4-5H2,1-3H3,(H,10,12). The Morgan fingerprint density at radius 3 is 2.67 bits per heavy atom. The Bertz CT molecular complexity index is 205. The minimum absolute atomic E-state index is 0.125. The van der Waals surface area contributed by atoms with E-state index in [4.69, 9.17) is 5.53 Å². The van der Waals surface area contributed by atoms with Gasteiger partial charge in [0.15, 0.2) is 0 Å². The first-order valence-corrected chi connectivity index (χ1v) is 3.83. The summed E-state index contributed by atoms with van der Waals surface area (Å²) in [6.45, 7) is 5.69. The highest BCUT2D eigenvalue weighted by Crippen LogP contribution is 2.05. The molecule has 0 saturated heterocycles. The van der Waals surface area contributed by atoms with Crippen LogP contribution in [0.3, 0.4) is 0 Å². The lowest BCUT2D eigenvalue weighted by molar-refractivity contribution is -0.121. The monoisotopic (exact) mass is 170 g/mol. The van der Waals surface area contributed by atoms with Crippen LogP contribution in [0.5, 0.6) is 0 Å². The molecule has 5 nitrogen and oxygen atoms in total. The Labute approximate surface area is 71.8 Å². The van der Waals surface area contributed by atoms with Crippen LogP contribution in [0, 0.1) is 0 Å². The number of carbonyl (C=O) groups excluding carboxylic acids is 1. The SMILES string of the molecule is CCC(C)(C)NC(=O)CN=[N+]=[N-]. The van der Waals surface area contributed by atoms with Crippen molar-refractivity contribution in [2.75, 3.05) is 6.54 Å². The topological polar surface area (TPSA) is 77.9 Å². The molecule has 0 saturated carbocycles. The summed E-state index contributed by atoms with van der Waals surface area (Å²) in [5.41, 5.74) is 7.73. The number of nitrogens with zero attached hydrogens (tertiary/aromatic N) is 3. The third-order valence-electron chi connectivity index (χ3n) is 1.64. The molecule has 0 aromatic heterocycles. The van der Waals surface area contributed by atoms with Crippen LogP contribution in [0.1, 0.15) is 27.2 Å². The lowest BCUT2D eigenvalue weighted by Crippen LogP contribution is -2.43. The Hall–Kier alpha value is -1.22. The summed E-state index contributed by atoms with van der Waals surface area (Å²) >= 11 is 0. The van der Waals surface area contributed by atoms with E-state index in [1.54, 1.807) is 0 Å². The Kier molecular flexibility index (Phi) is 4.15. The molecule has 5 heteroatoms. The molecule has 0 aliphatic carbocycles. The smallest absolute Gasteiger partial charge is 0.226 e. The molecular weight excluding hydrogens is 156 g/mol. The summed E-state index contributed by atoms with van der Waals surface area (Å²) in [5.74, 6) is -0.236. The number of hydrogen-bond acceptors (Lipinski definition) is 2. The zero-order valence-electron chi connectivity index (χ0n) is 7.66. The zero-order valence-corrected chi connectivity index (χ0v) is 7.66. The summed E-state index contributed by atoms with van der Waals surface area (Å²) in [5, 5.41) is 5.90. The molecule has 0 unspecified atom stereocenters. The van der Waals surface area contributed by atoms with E-state index < -0.39 is 0 Å². The molecule has 0 radical (unpaired) electrons. The van der Waals surface area contributed by atoms with Crippen molar-refractivity contribution in [3.05, 3.63) is 10.4 Å². The Morgan fingerprint density at radius 1 is 1.67 bits per heavy atom. The highest BCUT2D eigenvalue weighted by molar-refractivity contribution is 5.78. The molecule has 0 aliphatic heterocycles. The number of azide groups is 1. The fourth-order valence-corrected chi connectivity index (χ4v) is 0.601. The summed E-state index contributed by atoms with van der Waals surface area (Å²) in [4.78, 5) is 13.5. The summed E-state index contributed by atoms with van der Waals surface area (Å²) < 4.78 is 0. The maximum atomic E-state index is 11.0. The van der Waals surface area contributed by atoms with Crippen molar-refractivity contribution in [1.82, 2.24) is 5.32 Å². The van der Waals surface area contributed by atoms with Crippen molar-refractivity contribution < 1.29 is 4.79 Å². The van der Waals surface area contributed by atoms with Gasteiger partial charge in [-0.05, 0) is 25.8 Å². The Balaban J connectivity index is 3.91. The molecule has 0 spiro atoms. The Morgan fingerprint density at radius 2 is 2.25 bits per heavy atom. The second kappa shape index (κ2) is 4.62. The van der Waals surface area contributed by atoms with E-state index in [2.05, 4.69) is 15.3 Å². The molecule has 0 aromatic rings. The van der Waals surface area contributed by atoms with Gasteiger partial charge in [0.1, 0.15) is 6.54 Å².